The summed E-state index contributed by atoms with van der Waals surface area (Å²) in [5, 5.41) is 8.98. The summed E-state index contributed by atoms with van der Waals surface area (Å²) in [6.45, 7) is 0.00598. The molecule has 0 fully saturated rings. The van der Waals surface area contributed by atoms with E-state index in [2.05, 4.69) is 18.2 Å². The number of fused-ring (bicyclic) bond motifs is 3. The fraction of sp³-hybridized carbons (Fsp3) is 0.167. The molecule has 2 aromatic rings. The van der Waals surface area contributed by atoms with Gasteiger partial charge in [-0.25, -0.2) is 0 Å². The van der Waals surface area contributed by atoms with Crippen LogP contribution in [-0.2, 0) is 11.2 Å². The number of aliphatic hydroxyl groups is 1. The molecule has 1 amide bonds. The van der Waals surface area contributed by atoms with Gasteiger partial charge in [0.05, 0.1) is 0 Å². The van der Waals surface area contributed by atoms with Crippen LogP contribution in [-0.4, -0.2) is 17.6 Å². The van der Waals surface area contributed by atoms with Crippen molar-refractivity contribution in [2.75, 3.05) is 6.61 Å². The molecule has 106 valence electrons. The van der Waals surface area contributed by atoms with E-state index in [1.807, 2.05) is 24.3 Å². The Labute approximate surface area is 123 Å². The minimum atomic E-state index is -0.451. The molecule has 3 rings (SSSR count). The number of hydrogen-bond donors (Lipinski definition) is 2. The molecule has 3 heteroatoms. The van der Waals surface area contributed by atoms with Crippen LogP contribution in [0, 0.1) is 0 Å². The zero-order valence-corrected chi connectivity index (χ0v) is 11.7. The van der Waals surface area contributed by atoms with Gasteiger partial charge in [0, 0.05) is 12.2 Å². The summed E-state index contributed by atoms with van der Waals surface area (Å²) in [5.74, 6) is -0.451. The van der Waals surface area contributed by atoms with Gasteiger partial charge >= 0.3 is 0 Å². The van der Waals surface area contributed by atoms with E-state index in [-0.39, 0.29) is 6.61 Å². The Kier molecular flexibility index (Phi) is 3.59. The number of hydrogen-bond acceptors (Lipinski definition) is 2. The van der Waals surface area contributed by atoms with Gasteiger partial charge in [0.1, 0.15) is 0 Å². The average Bonchev–Trinajstić information content (AvgIpc) is 2.87. The van der Waals surface area contributed by atoms with Crippen LogP contribution in [0.5, 0.6) is 0 Å². The molecule has 0 spiro atoms. The topological polar surface area (TPSA) is 63.3 Å². The van der Waals surface area contributed by atoms with E-state index in [0.29, 0.717) is 12.0 Å². The number of amides is 1. The Morgan fingerprint density at radius 2 is 1.90 bits per heavy atom. The first-order valence-electron chi connectivity index (χ1n) is 7.03. The van der Waals surface area contributed by atoms with Crippen molar-refractivity contribution < 1.29 is 9.90 Å². The Bertz CT molecular complexity index is 732. The van der Waals surface area contributed by atoms with Gasteiger partial charge in [-0.1, -0.05) is 48.5 Å². The van der Waals surface area contributed by atoms with Gasteiger partial charge in [0.25, 0.3) is 0 Å². The van der Waals surface area contributed by atoms with Crippen molar-refractivity contribution in [3.05, 3.63) is 65.2 Å². The molecule has 0 aromatic heterocycles. The first-order chi connectivity index (χ1) is 10.2. The van der Waals surface area contributed by atoms with E-state index in [1.165, 1.54) is 16.7 Å². The largest absolute Gasteiger partial charge is 0.396 e. The third-order valence-electron chi connectivity index (χ3n) is 3.88. The van der Waals surface area contributed by atoms with Gasteiger partial charge in [-0.05, 0) is 40.7 Å². The van der Waals surface area contributed by atoms with Gasteiger partial charge in [0.15, 0.2) is 0 Å². The van der Waals surface area contributed by atoms with Crippen LogP contribution >= 0.6 is 0 Å². The lowest BCUT2D eigenvalue weighted by Crippen LogP contribution is -2.14. The SMILES string of the molecule is NC(=O)C(=CCCO)c1cccc2c1Cc1ccccc1-2. The number of nitrogens with two attached hydrogens (primary N) is 1. The number of carbonyl (C=O) groups is 1. The monoisotopic (exact) mass is 279 g/mol. The highest BCUT2D eigenvalue weighted by Crippen LogP contribution is 2.39. The van der Waals surface area contributed by atoms with Crippen LogP contribution in [0.4, 0.5) is 0 Å². The normalized spacial score (nSPS) is 12.9. The second-order valence-electron chi connectivity index (χ2n) is 5.16. The van der Waals surface area contributed by atoms with Gasteiger partial charge in [-0.3, -0.25) is 4.79 Å². The molecule has 2 aromatic carbocycles. The van der Waals surface area contributed by atoms with E-state index in [0.717, 1.165) is 17.5 Å². The van der Waals surface area contributed by atoms with Crippen molar-refractivity contribution in [3.8, 4) is 11.1 Å². The zero-order valence-electron chi connectivity index (χ0n) is 11.7. The second-order valence-corrected chi connectivity index (χ2v) is 5.16. The molecule has 0 heterocycles. The van der Waals surface area contributed by atoms with E-state index in [9.17, 15) is 4.79 Å². The second kappa shape index (κ2) is 5.54. The molecule has 0 atom stereocenters. The molecule has 0 unspecified atom stereocenters. The zero-order chi connectivity index (χ0) is 14.8. The summed E-state index contributed by atoms with van der Waals surface area (Å²) < 4.78 is 0. The van der Waals surface area contributed by atoms with Crippen molar-refractivity contribution in [1.82, 2.24) is 0 Å². The van der Waals surface area contributed by atoms with Gasteiger partial charge in [-0.2, -0.15) is 0 Å². The molecular formula is C18H17NO2. The predicted molar refractivity (Wildman–Crippen MR) is 83.6 cm³/mol. The summed E-state index contributed by atoms with van der Waals surface area (Å²) >= 11 is 0. The van der Waals surface area contributed by atoms with Gasteiger partial charge < -0.3 is 10.8 Å². The summed E-state index contributed by atoms with van der Waals surface area (Å²) in [4.78, 5) is 11.8. The minimum Gasteiger partial charge on any atom is -0.396 e. The average molecular weight is 279 g/mol. The molecule has 21 heavy (non-hydrogen) atoms. The minimum absolute atomic E-state index is 0.00598. The molecular weight excluding hydrogens is 262 g/mol. The maximum atomic E-state index is 11.8. The van der Waals surface area contributed by atoms with Crippen molar-refractivity contribution in [3.63, 3.8) is 0 Å². The van der Waals surface area contributed by atoms with Gasteiger partial charge in [-0.15, -0.1) is 0 Å². The summed E-state index contributed by atoms with van der Waals surface area (Å²) in [6, 6.07) is 14.2. The number of primary amides is 1. The summed E-state index contributed by atoms with van der Waals surface area (Å²) in [6.07, 6.45) is 2.96. The lowest BCUT2D eigenvalue weighted by molar-refractivity contribution is -0.112. The van der Waals surface area contributed by atoms with Crippen LogP contribution in [0.3, 0.4) is 0 Å². The van der Waals surface area contributed by atoms with Crippen LogP contribution < -0.4 is 5.73 Å². The highest BCUT2D eigenvalue weighted by atomic mass is 16.2. The molecule has 0 saturated carbocycles. The quantitative estimate of drug-likeness (QED) is 0.721. The lowest BCUT2D eigenvalue weighted by atomic mass is 9.94. The van der Waals surface area contributed by atoms with Crippen LogP contribution in [0.1, 0.15) is 23.1 Å². The smallest absolute Gasteiger partial charge is 0.248 e. The summed E-state index contributed by atoms with van der Waals surface area (Å²) in [7, 11) is 0. The fourth-order valence-corrected chi connectivity index (χ4v) is 2.96. The Balaban J connectivity index is 2.13. The predicted octanol–water partition coefficient (Wildman–Crippen LogP) is 2.51. The van der Waals surface area contributed by atoms with Crippen LogP contribution in [0.25, 0.3) is 16.7 Å². The van der Waals surface area contributed by atoms with Crippen LogP contribution in [0.15, 0.2) is 48.5 Å². The highest BCUT2D eigenvalue weighted by Gasteiger charge is 2.23. The number of rotatable bonds is 4. The molecule has 3 nitrogen and oxygen atoms in total. The third kappa shape index (κ3) is 2.36. The Morgan fingerprint density at radius 1 is 1.14 bits per heavy atom. The Morgan fingerprint density at radius 3 is 2.67 bits per heavy atom. The van der Waals surface area contributed by atoms with Crippen molar-refractivity contribution in [2.45, 2.75) is 12.8 Å². The molecule has 0 radical (unpaired) electrons. The maximum Gasteiger partial charge on any atom is 0.248 e. The lowest BCUT2D eigenvalue weighted by Gasteiger charge is -2.10. The van der Waals surface area contributed by atoms with Crippen LogP contribution in [0.2, 0.25) is 0 Å². The molecule has 0 bridgehead atoms. The van der Waals surface area contributed by atoms with Crippen molar-refractivity contribution in [1.29, 1.82) is 0 Å². The van der Waals surface area contributed by atoms with E-state index >= 15 is 0 Å². The molecule has 0 saturated heterocycles. The molecule has 0 aliphatic heterocycles. The van der Waals surface area contributed by atoms with Crippen molar-refractivity contribution >= 4 is 11.5 Å². The first kappa shape index (κ1) is 13.6. The molecule has 1 aliphatic rings. The number of aliphatic hydroxyl groups excluding tert-OH is 1. The van der Waals surface area contributed by atoms with E-state index < -0.39 is 5.91 Å². The van der Waals surface area contributed by atoms with Crippen molar-refractivity contribution in [2.24, 2.45) is 5.73 Å². The van der Waals surface area contributed by atoms with E-state index in [4.69, 9.17) is 10.8 Å². The standard InChI is InChI=1S/C18H17NO2/c19-18(21)16(9-4-10-20)15-8-3-7-14-13-6-2-1-5-12(13)11-17(14)15/h1-3,5-9,20H,4,10-11H2,(H2,19,21). The molecule has 3 N–H and O–H groups in total. The maximum absolute atomic E-state index is 11.8. The number of carbonyl (C=O) groups excluding carboxylic acids is 1. The highest BCUT2D eigenvalue weighted by molar-refractivity contribution is 6.19. The Hall–Kier alpha value is -2.39. The molecule has 1 aliphatic carbocycles. The van der Waals surface area contributed by atoms with Gasteiger partial charge in [0.2, 0.25) is 5.91 Å². The fourth-order valence-electron chi connectivity index (χ4n) is 2.96. The third-order valence-corrected chi connectivity index (χ3v) is 3.88. The summed E-state index contributed by atoms with van der Waals surface area (Å²) in [5.41, 5.74) is 11.7. The van der Waals surface area contributed by atoms with E-state index in [1.54, 1.807) is 6.08 Å². The first-order valence-corrected chi connectivity index (χ1v) is 7.03. The number of benzene rings is 2.